The lowest BCUT2D eigenvalue weighted by Gasteiger charge is -2.31. The Morgan fingerprint density at radius 3 is 2.53 bits per heavy atom. The molecule has 1 aromatic heterocycles. The monoisotopic (exact) mass is 460 g/mol. The molecule has 0 aliphatic carbocycles. The molecule has 3 heterocycles. The van der Waals surface area contributed by atoms with Gasteiger partial charge in [0.15, 0.2) is 0 Å². The van der Waals surface area contributed by atoms with E-state index in [1.165, 1.54) is 22.4 Å². The Morgan fingerprint density at radius 2 is 1.81 bits per heavy atom. The molecule has 1 fully saturated rings. The molecule has 0 bridgehead atoms. The summed E-state index contributed by atoms with van der Waals surface area (Å²) >= 11 is 5.88. The molecule has 168 valence electrons. The molecule has 4 nitrogen and oxygen atoms in total. The van der Waals surface area contributed by atoms with E-state index < -0.39 is 11.7 Å². The maximum absolute atomic E-state index is 13.7. The summed E-state index contributed by atoms with van der Waals surface area (Å²) in [5.41, 5.74) is 2.53. The highest BCUT2D eigenvalue weighted by Gasteiger charge is 2.37. The molecule has 32 heavy (non-hydrogen) atoms. The molecular weight excluding hydrogens is 437 g/mol. The number of benzene rings is 2. The van der Waals surface area contributed by atoms with Crippen LogP contribution < -0.4 is 5.32 Å². The van der Waals surface area contributed by atoms with E-state index in [9.17, 15) is 13.2 Å². The zero-order valence-electron chi connectivity index (χ0n) is 17.5. The molecule has 2 aliphatic heterocycles. The maximum Gasteiger partial charge on any atom is 0.418 e. The fourth-order valence-corrected chi connectivity index (χ4v) is 5.00. The average molecular weight is 461 g/mol. The van der Waals surface area contributed by atoms with Gasteiger partial charge in [-0.1, -0.05) is 41.9 Å². The van der Waals surface area contributed by atoms with Crippen molar-refractivity contribution in [3.05, 3.63) is 75.9 Å². The van der Waals surface area contributed by atoms with Gasteiger partial charge in [0.2, 0.25) is 0 Å². The van der Waals surface area contributed by atoms with Gasteiger partial charge in [-0.15, -0.1) is 0 Å². The largest absolute Gasteiger partial charge is 0.418 e. The Labute approximate surface area is 190 Å². The van der Waals surface area contributed by atoms with Gasteiger partial charge in [0.1, 0.15) is 5.82 Å². The third-order valence-electron chi connectivity index (χ3n) is 6.40. The molecule has 0 amide bonds. The standard InChI is InChI=1S/C24H24ClF3N4/c25-18-6-7-21(20(14-18)24(26,27)28)32-23-19(8-11-29-23)22(30-32)17-9-12-31(13-10-17)15-16-4-2-1-3-5-16/h1-7,14,17,29H,8-13,15H2. The summed E-state index contributed by atoms with van der Waals surface area (Å²) in [7, 11) is 0. The van der Waals surface area contributed by atoms with Gasteiger partial charge in [-0.25, -0.2) is 4.68 Å². The van der Waals surface area contributed by atoms with Gasteiger partial charge in [0.25, 0.3) is 0 Å². The molecule has 1 saturated heterocycles. The van der Waals surface area contributed by atoms with Crippen molar-refractivity contribution in [2.24, 2.45) is 0 Å². The van der Waals surface area contributed by atoms with Crippen molar-refractivity contribution in [3.63, 3.8) is 0 Å². The van der Waals surface area contributed by atoms with Crippen molar-refractivity contribution >= 4 is 17.4 Å². The van der Waals surface area contributed by atoms with Crippen LogP contribution >= 0.6 is 11.6 Å². The first-order valence-electron chi connectivity index (χ1n) is 10.9. The van der Waals surface area contributed by atoms with E-state index in [4.69, 9.17) is 16.7 Å². The zero-order valence-corrected chi connectivity index (χ0v) is 18.3. The Balaban J connectivity index is 1.41. The predicted octanol–water partition coefficient (Wildman–Crippen LogP) is 5.89. The number of nitrogens with one attached hydrogen (secondary N) is 1. The van der Waals surface area contributed by atoms with Crippen molar-refractivity contribution in [2.75, 3.05) is 25.0 Å². The molecule has 0 unspecified atom stereocenters. The van der Waals surface area contributed by atoms with Gasteiger partial charge in [0.05, 0.1) is 16.9 Å². The molecule has 2 aliphatic rings. The lowest BCUT2D eigenvalue weighted by Crippen LogP contribution is -2.32. The highest BCUT2D eigenvalue weighted by atomic mass is 35.5. The van der Waals surface area contributed by atoms with E-state index in [2.05, 4.69) is 34.5 Å². The van der Waals surface area contributed by atoms with Gasteiger partial charge < -0.3 is 5.32 Å². The summed E-state index contributed by atoms with van der Waals surface area (Å²) in [6.45, 7) is 3.52. The average Bonchev–Trinajstić information content (AvgIpc) is 3.38. The molecular formula is C24H24ClF3N4. The second-order valence-electron chi connectivity index (χ2n) is 8.50. The summed E-state index contributed by atoms with van der Waals surface area (Å²) in [4.78, 5) is 2.43. The molecule has 0 saturated carbocycles. The van der Waals surface area contributed by atoms with E-state index in [1.807, 2.05) is 6.07 Å². The quantitative estimate of drug-likeness (QED) is 0.527. The number of alkyl halides is 3. The van der Waals surface area contributed by atoms with E-state index in [0.29, 0.717) is 12.4 Å². The van der Waals surface area contributed by atoms with E-state index >= 15 is 0 Å². The molecule has 0 spiro atoms. The van der Waals surface area contributed by atoms with Crippen LogP contribution in [0.25, 0.3) is 5.69 Å². The summed E-state index contributed by atoms with van der Waals surface area (Å²) in [5.74, 6) is 0.929. The minimum Gasteiger partial charge on any atom is -0.369 e. The van der Waals surface area contributed by atoms with Crippen LogP contribution in [-0.2, 0) is 19.1 Å². The van der Waals surface area contributed by atoms with Crippen molar-refractivity contribution in [1.29, 1.82) is 0 Å². The number of anilines is 1. The van der Waals surface area contributed by atoms with Crippen molar-refractivity contribution < 1.29 is 13.2 Å². The highest BCUT2D eigenvalue weighted by molar-refractivity contribution is 6.30. The second-order valence-corrected chi connectivity index (χ2v) is 8.93. The van der Waals surface area contributed by atoms with E-state index in [1.54, 1.807) is 0 Å². The van der Waals surface area contributed by atoms with Crippen molar-refractivity contribution in [2.45, 2.75) is 37.9 Å². The van der Waals surface area contributed by atoms with Crippen LogP contribution in [0, 0.1) is 0 Å². The van der Waals surface area contributed by atoms with Crippen molar-refractivity contribution in [3.8, 4) is 5.69 Å². The lowest BCUT2D eigenvalue weighted by atomic mass is 9.90. The van der Waals surface area contributed by atoms with Gasteiger partial charge in [-0.05, 0) is 56.1 Å². The van der Waals surface area contributed by atoms with Crippen molar-refractivity contribution in [1.82, 2.24) is 14.7 Å². The lowest BCUT2D eigenvalue weighted by molar-refractivity contribution is -0.137. The minimum absolute atomic E-state index is 0.0142. The second kappa shape index (κ2) is 8.45. The first kappa shape index (κ1) is 21.3. The Hall–Kier alpha value is -2.51. The van der Waals surface area contributed by atoms with E-state index in [0.717, 1.165) is 56.2 Å². The summed E-state index contributed by atoms with van der Waals surface area (Å²) in [6.07, 6.45) is -1.84. The molecule has 0 atom stereocenters. The first-order chi connectivity index (χ1) is 15.4. The Bertz CT molecular complexity index is 1100. The third kappa shape index (κ3) is 4.11. The molecule has 8 heteroatoms. The summed E-state index contributed by atoms with van der Waals surface area (Å²) < 4.78 is 42.6. The van der Waals surface area contributed by atoms with Gasteiger partial charge in [-0.3, -0.25) is 4.90 Å². The number of aromatic nitrogens is 2. The smallest absolute Gasteiger partial charge is 0.369 e. The highest BCUT2D eigenvalue weighted by Crippen LogP contribution is 2.41. The van der Waals surface area contributed by atoms with Crippen LogP contribution in [0.1, 0.15) is 41.1 Å². The fraction of sp³-hybridized carbons (Fsp3) is 0.375. The van der Waals surface area contributed by atoms with Crippen LogP contribution in [0.2, 0.25) is 5.02 Å². The molecule has 5 rings (SSSR count). The minimum atomic E-state index is -4.51. The number of halogens is 4. The number of rotatable bonds is 4. The summed E-state index contributed by atoms with van der Waals surface area (Å²) in [5, 5.41) is 8.04. The third-order valence-corrected chi connectivity index (χ3v) is 6.63. The van der Waals surface area contributed by atoms with Gasteiger partial charge in [0, 0.05) is 29.6 Å². The van der Waals surface area contributed by atoms with E-state index in [-0.39, 0.29) is 16.6 Å². The number of nitrogens with zero attached hydrogens (tertiary/aromatic N) is 3. The number of hydrogen-bond donors (Lipinski definition) is 1. The number of hydrogen-bond acceptors (Lipinski definition) is 3. The molecule has 2 aromatic carbocycles. The molecule has 0 radical (unpaired) electrons. The van der Waals surface area contributed by atoms with Crippen LogP contribution in [0.3, 0.4) is 0 Å². The van der Waals surface area contributed by atoms with Crippen LogP contribution in [0.15, 0.2) is 48.5 Å². The van der Waals surface area contributed by atoms with Crippen LogP contribution in [0.4, 0.5) is 19.0 Å². The maximum atomic E-state index is 13.7. The number of fused-ring (bicyclic) bond motifs is 1. The number of piperidine rings is 1. The van der Waals surface area contributed by atoms with Crippen LogP contribution in [-0.4, -0.2) is 34.3 Å². The first-order valence-corrected chi connectivity index (χ1v) is 11.3. The predicted molar refractivity (Wildman–Crippen MR) is 119 cm³/mol. The molecule has 3 aromatic rings. The van der Waals surface area contributed by atoms with Crippen LogP contribution in [0.5, 0.6) is 0 Å². The topological polar surface area (TPSA) is 33.1 Å². The van der Waals surface area contributed by atoms with Gasteiger partial charge >= 0.3 is 6.18 Å². The normalized spacial score (nSPS) is 17.4. The molecule has 1 N–H and O–H groups in total. The Kier molecular flexibility index (Phi) is 5.63. The summed E-state index contributed by atoms with van der Waals surface area (Å²) in [6, 6.07) is 14.3. The Morgan fingerprint density at radius 1 is 1.06 bits per heavy atom. The fourth-order valence-electron chi connectivity index (χ4n) is 4.83. The SMILES string of the molecule is FC(F)(F)c1cc(Cl)ccc1-n1nc(C2CCN(Cc3ccccc3)CC2)c2c1NCC2. The number of likely N-dealkylation sites (tertiary alicyclic amines) is 1. The van der Waals surface area contributed by atoms with Gasteiger partial charge in [-0.2, -0.15) is 18.3 Å². The zero-order chi connectivity index (χ0) is 22.3.